The van der Waals surface area contributed by atoms with E-state index in [9.17, 15) is 13.6 Å². The van der Waals surface area contributed by atoms with E-state index in [1.54, 1.807) is 18.3 Å². The second kappa shape index (κ2) is 7.35. The Morgan fingerprint density at radius 3 is 2.56 bits per heavy atom. The van der Waals surface area contributed by atoms with E-state index in [2.05, 4.69) is 9.73 Å². The summed E-state index contributed by atoms with van der Waals surface area (Å²) in [6.45, 7) is 1.46. The molecule has 0 aliphatic carbocycles. The van der Waals surface area contributed by atoms with Crippen molar-refractivity contribution < 1.29 is 23.3 Å². The van der Waals surface area contributed by atoms with Crippen molar-refractivity contribution in [3.05, 3.63) is 65.7 Å². The second-order valence-electron chi connectivity index (χ2n) is 5.61. The first-order valence-corrected chi connectivity index (χ1v) is 9.47. The van der Waals surface area contributed by atoms with Crippen molar-refractivity contribution in [1.29, 1.82) is 0 Å². The zero-order valence-electron chi connectivity index (χ0n) is 13.7. The van der Waals surface area contributed by atoms with Crippen LogP contribution in [0.4, 0.5) is 14.5 Å². The summed E-state index contributed by atoms with van der Waals surface area (Å²) in [7, 11) is -1.58. The van der Waals surface area contributed by atoms with Crippen LogP contribution in [0.15, 0.2) is 54.6 Å². The largest absolute Gasteiger partial charge is 0.510 e. The van der Waals surface area contributed by atoms with Gasteiger partial charge in [-0.3, -0.25) is 0 Å². The molecule has 2 unspecified atom stereocenters. The number of para-hydroxylation sites is 1. The lowest BCUT2D eigenvalue weighted by molar-refractivity contribution is -0.343. The maximum absolute atomic E-state index is 15.0. The Labute approximate surface area is 148 Å². The van der Waals surface area contributed by atoms with Gasteiger partial charge in [0, 0.05) is 11.6 Å². The zero-order valence-corrected chi connectivity index (χ0v) is 14.6. The van der Waals surface area contributed by atoms with Crippen LogP contribution in [-0.2, 0) is 26.2 Å². The average Bonchev–Trinajstić information content (AvgIpc) is 3.04. The van der Waals surface area contributed by atoms with Crippen LogP contribution in [0.25, 0.3) is 0 Å². The summed E-state index contributed by atoms with van der Waals surface area (Å²) in [4.78, 5) is 15.0. The quantitative estimate of drug-likeness (QED) is 0.633. The van der Waals surface area contributed by atoms with E-state index in [0.717, 1.165) is 16.8 Å². The molecule has 0 saturated carbocycles. The number of carbonyl (C=O) groups is 1. The molecule has 25 heavy (non-hydrogen) atoms. The van der Waals surface area contributed by atoms with Crippen LogP contribution in [0.3, 0.4) is 0 Å². The maximum atomic E-state index is 15.0. The summed E-state index contributed by atoms with van der Waals surface area (Å²) in [5.41, 5.74) is 2.36. The minimum absolute atomic E-state index is 0.0693. The molecule has 2 aromatic rings. The van der Waals surface area contributed by atoms with E-state index in [1.165, 1.54) is 6.92 Å². The molecule has 130 valence electrons. The molecule has 0 spiro atoms. The topological polar surface area (TPSA) is 40.3 Å². The number of halogens is 2. The van der Waals surface area contributed by atoms with Crippen LogP contribution < -0.4 is 4.99 Å². The molecule has 2 atom stereocenters. The predicted molar refractivity (Wildman–Crippen MR) is 95.0 cm³/mol. The number of carbonyl (C=O) groups excluding carboxylic acids is 1. The third-order valence-corrected chi connectivity index (χ3v) is 6.44. The van der Waals surface area contributed by atoms with Crippen molar-refractivity contribution in [3.8, 4) is 0 Å². The highest BCUT2D eigenvalue weighted by Crippen LogP contribution is 2.41. The molecule has 2 aromatic carbocycles. The van der Waals surface area contributed by atoms with E-state index >= 15 is 0 Å². The van der Waals surface area contributed by atoms with Crippen molar-refractivity contribution in [3.63, 3.8) is 0 Å². The molecule has 0 amide bonds. The molecule has 0 saturated heterocycles. The second-order valence-corrected chi connectivity index (χ2v) is 7.78. The minimum Gasteiger partial charge on any atom is -0.458 e. The van der Waals surface area contributed by atoms with E-state index < -0.39 is 27.4 Å². The van der Waals surface area contributed by atoms with Crippen LogP contribution >= 0.6 is 0 Å². The first-order valence-electron chi connectivity index (χ1n) is 8.01. The van der Waals surface area contributed by atoms with Crippen LogP contribution in [-0.4, -0.2) is 24.0 Å². The standard InChI is InChI=1S/C19H18F2NO2S/c1-2-24-18(23)19(20,21)25(13-14-8-4-3-5-9-14)17-12-22-16-11-7-6-10-15(16)17/h3-12,17H,2,13H2,1H3/q+1/p+1. The van der Waals surface area contributed by atoms with Crippen molar-refractivity contribution >= 4 is 28.8 Å². The van der Waals surface area contributed by atoms with Gasteiger partial charge in [0.25, 0.3) is 0 Å². The number of fused-ring (bicyclic) bond motifs is 1. The first kappa shape index (κ1) is 17.6. The number of hydrogen-bond acceptors (Lipinski definition) is 2. The highest BCUT2D eigenvalue weighted by atomic mass is 32.2. The van der Waals surface area contributed by atoms with Crippen molar-refractivity contribution in [2.75, 3.05) is 6.61 Å². The van der Waals surface area contributed by atoms with Crippen molar-refractivity contribution in [2.24, 2.45) is 0 Å². The molecule has 3 rings (SSSR count). The van der Waals surface area contributed by atoms with E-state index in [0.29, 0.717) is 0 Å². The van der Waals surface area contributed by atoms with Gasteiger partial charge in [-0.1, -0.05) is 42.5 Å². The molecular weight excluding hydrogens is 344 g/mol. The highest BCUT2D eigenvalue weighted by molar-refractivity contribution is 7.98. The third-order valence-electron chi connectivity index (χ3n) is 3.97. The summed E-state index contributed by atoms with van der Waals surface area (Å²) in [5, 5.41) is -4.12. The van der Waals surface area contributed by atoms with Crippen LogP contribution in [0.5, 0.6) is 0 Å². The van der Waals surface area contributed by atoms with Crippen LogP contribution in [0.2, 0.25) is 0 Å². The van der Waals surface area contributed by atoms with E-state index in [-0.39, 0.29) is 12.4 Å². The molecule has 0 radical (unpaired) electrons. The molecule has 1 N–H and O–H groups in total. The first-order chi connectivity index (χ1) is 12.0. The minimum atomic E-state index is -3.56. The van der Waals surface area contributed by atoms with Gasteiger partial charge in [0.2, 0.25) is 17.2 Å². The Balaban J connectivity index is 1.98. The zero-order chi connectivity index (χ0) is 17.9. The van der Waals surface area contributed by atoms with Gasteiger partial charge in [0.1, 0.15) is 5.75 Å². The Morgan fingerprint density at radius 1 is 1.16 bits per heavy atom. The number of rotatable bonds is 6. The molecule has 0 fully saturated rings. The lowest BCUT2D eigenvalue weighted by Gasteiger charge is -2.19. The van der Waals surface area contributed by atoms with Gasteiger partial charge in [-0.05, 0) is 13.0 Å². The fourth-order valence-corrected chi connectivity index (χ4v) is 5.03. The number of benzene rings is 2. The lowest BCUT2D eigenvalue weighted by Crippen LogP contribution is -2.59. The molecule has 1 heterocycles. The monoisotopic (exact) mass is 363 g/mol. The van der Waals surface area contributed by atoms with Crippen LogP contribution in [0, 0.1) is 0 Å². The Morgan fingerprint density at radius 2 is 1.84 bits per heavy atom. The predicted octanol–water partition coefficient (Wildman–Crippen LogP) is 2.50. The number of esters is 1. The highest BCUT2D eigenvalue weighted by Gasteiger charge is 2.63. The van der Waals surface area contributed by atoms with Gasteiger partial charge >= 0.3 is 11.2 Å². The summed E-state index contributed by atoms with van der Waals surface area (Å²) < 4.78 is 34.6. The number of nitrogens with one attached hydrogen (secondary N) is 1. The average molecular weight is 363 g/mol. The maximum Gasteiger partial charge on any atom is 0.510 e. The Bertz CT molecular complexity index is 780. The molecule has 1 aliphatic heterocycles. The SMILES string of the molecule is CCOC(=O)C(F)(F)[S+](Cc1ccccc1)C1C=[NH+]c2ccccc21. The number of ether oxygens (including phenoxy) is 1. The molecule has 0 bridgehead atoms. The number of alkyl halides is 2. The smallest absolute Gasteiger partial charge is 0.458 e. The fourth-order valence-electron chi connectivity index (χ4n) is 2.78. The van der Waals surface area contributed by atoms with Gasteiger partial charge < -0.3 is 4.74 Å². The van der Waals surface area contributed by atoms with E-state index in [1.807, 2.05) is 42.5 Å². The summed E-state index contributed by atoms with van der Waals surface area (Å²) in [5.74, 6) is -1.35. The molecule has 3 nitrogen and oxygen atoms in total. The molecule has 0 aromatic heterocycles. The van der Waals surface area contributed by atoms with Gasteiger partial charge in [0.15, 0.2) is 0 Å². The molecule has 6 heteroatoms. The Kier molecular flexibility index (Phi) is 5.18. The van der Waals surface area contributed by atoms with Crippen molar-refractivity contribution in [2.45, 2.75) is 23.2 Å². The molecular formula is C19H19F2NO2S+2. The molecule has 1 aliphatic rings. The van der Waals surface area contributed by atoms with Gasteiger partial charge in [-0.15, -0.1) is 8.78 Å². The van der Waals surface area contributed by atoms with Gasteiger partial charge in [-0.25, -0.2) is 9.79 Å². The normalized spacial score (nSPS) is 17.2. The summed E-state index contributed by atoms with van der Waals surface area (Å²) in [6, 6.07) is 16.4. The summed E-state index contributed by atoms with van der Waals surface area (Å²) >= 11 is 0. The van der Waals surface area contributed by atoms with Crippen molar-refractivity contribution in [1.82, 2.24) is 0 Å². The van der Waals surface area contributed by atoms with Crippen LogP contribution in [0.1, 0.15) is 23.3 Å². The van der Waals surface area contributed by atoms with Gasteiger partial charge in [0.05, 0.1) is 23.1 Å². The third kappa shape index (κ3) is 3.58. The summed E-state index contributed by atoms with van der Waals surface area (Å²) in [6.07, 6.45) is 1.66. The van der Waals surface area contributed by atoms with Gasteiger partial charge in [-0.2, -0.15) is 0 Å². The Hall–Kier alpha value is -2.21. The lowest BCUT2D eigenvalue weighted by atomic mass is 10.1. The number of hydrogen-bond donors (Lipinski definition) is 1. The van der Waals surface area contributed by atoms with E-state index in [4.69, 9.17) is 0 Å². The fraction of sp³-hybridized carbons (Fsp3) is 0.263.